The Labute approximate surface area is 108 Å². The highest BCUT2D eigenvalue weighted by Gasteiger charge is 2.05. The van der Waals surface area contributed by atoms with Crippen molar-refractivity contribution in [1.29, 1.82) is 0 Å². The van der Waals surface area contributed by atoms with Crippen LogP contribution in [0.3, 0.4) is 0 Å². The molecule has 6 nitrogen and oxygen atoms in total. The minimum Gasteiger partial charge on any atom is -0.408 e. The van der Waals surface area contributed by atoms with Gasteiger partial charge in [0.25, 0.3) is 0 Å². The van der Waals surface area contributed by atoms with Crippen LogP contribution in [0.2, 0.25) is 0 Å². The number of fused-ring (bicyclic) bond motifs is 1. The largest absolute Gasteiger partial charge is 0.417 e. The third-order valence-electron chi connectivity index (χ3n) is 2.63. The number of H-pyrrole nitrogens is 1. The maximum atomic E-state index is 11.3. The summed E-state index contributed by atoms with van der Waals surface area (Å²) in [5.74, 6) is -0.915. The van der Waals surface area contributed by atoms with Crippen molar-refractivity contribution in [2.24, 2.45) is 0 Å². The molecule has 2 rings (SSSR count). The van der Waals surface area contributed by atoms with E-state index in [9.17, 15) is 14.4 Å². The summed E-state index contributed by atoms with van der Waals surface area (Å²) in [6.45, 7) is 1.82. The number of nitrogens with one attached hydrogen (secondary N) is 2. The maximum Gasteiger partial charge on any atom is 0.417 e. The van der Waals surface area contributed by atoms with Crippen molar-refractivity contribution in [3.8, 4) is 0 Å². The molecule has 0 fully saturated rings. The van der Waals surface area contributed by atoms with Crippen molar-refractivity contribution in [1.82, 2.24) is 10.3 Å². The normalized spacial score (nSPS) is 10.6. The first-order chi connectivity index (χ1) is 9.04. The Kier molecular flexibility index (Phi) is 3.79. The van der Waals surface area contributed by atoms with Crippen LogP contribution in [-0.4, -0.2) is 23.2 Å². The molecule has 1 heterocycles. The number of aromatic amines is 1. The average molecular weight is 262 g/mol. The van der Waals surface area contributed by atoms with Crippen LogP contribution in [0.15, 0.2) is 27.4 Å². The van der Waals surface area contributed by atoms with Gasteiger partial charge in [-0.15, -0.1) is 0 Å². The van der Waals surface area contributed by atoms with E-state index in [1.54, 1.807) is 12.1 Å². The lowest BCUT2D eigenvalue weighted by Crippen LogP contribution is -2.27. The third-order valence-corrected chi connectivity index (χ3v) is 2.63. The molecule has 1 aromatic heterocycles. The van der Waals surface area contributed by atoms with Crippen LogP contribution in [-0.2, 0) is 16.0 Å². The van der Waals surface area contributed by atoms with E-state index in [0.29, 0.717) is 24.1 Å². The number of amides is 1. The fourth-order valence-electron chi connectivity index (χ4n) is 1.79. The Morgan fingerprint density at radius 1 is 1.37 bits per heavy atom. The fraction of sp³-hybridized carbons (Fsp3) is 0.308. The van der Waals surface area contributed by atoms with Crippen LogP contribution < -0.4 is 11.1 Å². The zero-order valence-electron chi connectivity index (χ0n) is 10.5. The Balaban J connectivity index is 1.92. The highest BCUT2D eigenvalue weighted by Crippen LogP contribution is 2.12. The molecule has 0 bridgehead atoms. The number of ketones is 1. The molecule has 1 aromatic carbocycles. The Hall–Kier alpha value is -2.37. The summed E-state index contributed by atoms with van der Waals surface area (Å²) >= 11 is 0. The minimum absolute atomic E-state index is 0.0892. The summed E-state index contributed by atoms with van der Waals surface area (Å²) in [6, 6.07) is 5.34. The lowest BCUT2D eigenvalue weighted by Gasteiger charge is -2.04. The van der Waals surface area contributed by atoms with Gasteiger partial charge in [-0.1, -0.05) is 6.07 Å². The number of hydrogen-bond donors (Lipinski definition) is 2. The summed E-state index contributed by atoms with van der Waals surface area (Å²) in [7, 11) is 0. The van der Waals surface area contributed by atoms with Crippen LogP contribution in [0.5, 0.6) is 0 Å². The van der Waals surface area contributed by atoms with Crippen LogP contribution in [0.1, 0.15) is 18.9 Å². The number of carbonyl (C=O) groups excluding carboxylic acids is 2. The minimum atomic E-state index is -0.484. The molecule has 100 valence electrons. The molecule has 0 saturated carbocycles. The Morgan fingerprint density at radius 3 is 2.89 bits per heavy atom. The van der Waals surface area contributed by atoms with Gasteiger partial charge in [0, 0.05) is 6.54 Å². The predicted molar refractivity (Wildman–Crippen MR) is 68.8 cm³/mol. The van der Waals surface area contributed by atoms with Gasteiger partial charge < -0.3 is 9.73 Å². The molecule has 0 unspecified atom stereocenters. The van der Waals surface area contributed by atoms with E-state index in [1.807, 2.05) is 6.07 Å². The number of Topliss-reactive ketones (excluding diaryl/α,β-unsaturated/α-hetero) is 1. The second-order valence-electron chi connectivity index (χ2n) is 4.32. The lowest BCUT2D eigenvalue weighted by atomic mass is 10.1. The van der Waals surface area contributed by atoms with E-state index >= 15 is 0 Å². The number of aromatic nitrogens is 1. The molecular weight excluding hydrogens is 248 g/mol. The van der Waals surface area contributed by atoms with Gasteiger partial charge in [0.2, 0.25) is 5.91 Å². The second kappa shape index (κ2) is 5.51. The van der Waals surface area contributed by atoms with Crippen molar-refractivity contribution in [2.45, 2.75) is 19.8 Å². The standard InChI is InChI=1S/C13H14N2O4/c1-8(16)6-12(17)14-5-4-9-2-3-11-10(7-9)15-13(18)19-11/h2-3,7H,4-6H2,1H3,(H,14,17)(H,15,18). The second-order valence-corrected chi connectivity index (χ2v) is 4.32. The first-order valence-corrected chi connectivity index (χ1v) is 5.92. The van der Waals surface area contributed by atoms with Crippen molar-refractivity contribution in [3.05, 3.63) is 34.3 Å². The van der Waals surface area contributed by atoms with Crippen LogP contribution in [0, 0.1) is 0 Å². The SMILES string of the molecule is CC(=O)CC(=O)NCCc1ccc2oc(=O)[nH]c2c1. The van der Waals surface area contributed by atoms with E-state index in [0.717, 1.165) is 5.56 Å². The summed E-state index contributed by atoms with van der Waals surface area (Å²) in [6.07, 6.45) is 0.529. The molecule has 0 spiro atoms. The predicted octanol–water partition coefficient (Wildman–Crippen LogP) is 0.759. The van der Waals surface area contributed by atoms with Crippen molar-refractivity contribution < 1.29 is 14.0 Å². The van der Waals surface area contributed by atoms with Crippen molar-refractivity contribution >= 4 is 22.8 Å². The van der Waals surface area contributed by atoms with Gasteiger partial charge in [0.05, 0.1) is 11.9 Å². The van der Waals surface area contributed by atoms with E-state index in [4.69, 9.17) is 4.42 Å². The highest BCUT2D eigenvalue weighted by molar-refractivity contribution is 5.96. The molecule has 0 aliphatic rings. The summed E-state index contributed by atoms with van der Waals surface area (Å²) in [4.78, 5) is 35.6. The molecule has 6 heteroatoms. The zero-order valence-corrected chi connectivity index (χ0v) is 10.5. The molecule has 0 saturated heterocycles. The van der Waals surface area contributed by atoms with Gasteiger partial charge in [-0.05, 0) is 31.0 Å². The molecule has 0 aliphatic carbocycles. The number of carbonyl (C=O) groups is 2. The van der Waals surface area contributed by atoms with Gasteiger partial charge in [-0.2, -0.15) is 0 Å². The Morgan fingerprint density at radius 2 is 2.16 bits per heavy atom. The smallest absolute Gasteiger partial charge is 0.408 e. The van der Waals surface area contributed by atoms with Crippen molar-refractivity contribution in [3.63, 3.8) is 0 Å². The molecule has 2 aromatic rings. The van der Waals surface area contributed by atoms with Crippen LogP contribution >= 0.6 is 0 Å². The summed E-state index contributed by atoms with van der Waals surface area (Å²) in [5, 5.41) is 2.66. The number of oxazole rings is 1. The van der Waals surface area contributed by atoms with E-state index < -0.39 is 5.76 Å². The molecule has 0 radical (unpaired) electrons. The van der Waals surface area contributed by atoms with Crippen molar-refractivity contribution in [2.75, 3.05) is 6.54 Å². The van der Waals surface area contributed by atoms with Gasteiger partial charge in [0.15, 0.2) is 5.58 Å². The molecule has 0 aliphatic heterocycles. The fourth-order valence-corrected chi connectivity index (χ4v) is 1.79. The summed E-state index contributed by atoms with van der Waals surface area (Å²) < 4.78 is 4.89. The lowest BCUT2D eigenvalue weighted by molar-refractivity contribution is -0.127. The number of benzene rings is 1. The first-order valence-electron chi connectivity index (χ1n) is 5.92. The van der Waals surface area contributed by atoms with Crippen LogP contribution in [0.4, 0.5) is 0 Å². The molecule has 19 heavy (non-hydrogen) atoms. The van der Waals surface area contributed by atoms with E-state index in [-0.39, 0.29) is 18.1 Å². The molecule has 0 atom stereocenters. The highest BCUT2D eigenvalue weighted by atomic mass is 16.4. The van der Waals surface area contributed by atoms with E-state index in [2.05, 4.69) is 10.3 Å². The van der Waals surface area contributed by atoms with Gasteiger partial charge in [-0.3, -0.25) is 14.6 Å². The number of rotatable bonds is 5. The zero-order chi connectivity index (χ0) is 13.8. The first kappa shape index (κ1) is 13.1. The Bertz CT molecular complexity index is 669. The molecule has 2 N–H and O–H groups in total. The quantitative estimate of drug-likeness (QED) is 0.778. The monoisotopic (exact) mass is 262 g/mol. The van der Waals surface area contributed by atoms with Gasteiger partial charge in [-0.25, -0.2) is 4.79 Å². The van der Waals surface area contributed by atoms with Gasteiger partial charge >= 0.3 is 5.76 Å². The summed E-state index contributed by atoms with van der Waals surface area (Å²) in [5.41, 5.74) is 2.11. The van der Waals surface area contributed by atoms with E-state index in [1.165, 1.54) is 6.92 Å². The average Bonchev–Trinajstić information content (AvgIpc) is 2.67. The number of hydrogen-bond acceptors (Lipinski definition) is 4. The maximum absolute atomic E-state index is 11.3. The topological polar surface area (TPSA) is 92.2 Å². The van der Waals surface area contributed by atoms with Crippen LogP contribution in [0.25, 0.3) is 11.1 Å². The third kappa shape index (κ3) is 3.54. The van der Waals surface area contributed by atoms with Gasteiger partial charge in [0.1, 0.15) is 5.78 Å². The molecular formula is C13H14N2O4. The molecule has 1 amide bonds.